The van der Waals surface area contributed by atoms with E-state index in [1.807, 2.05) is 6.20 Å². The van der Waals surface area contributed by atoms with Crippen LogP contribution >= 0.6 is 0 Å². The molecule has 0 aliphatic heterocycles. The SMILES string of the molecule is CC(C)(C)c1cc(-c2cc(-c3ccc4c(c3)CC3(Cc5ccccc5C3)C4)ccn2)[c-]c(-c2cccc3c2nc(-c2cc(C(C)(C)C)cc(C(C)(C)C)c2O)n3-c2cc3c(cc2-c2ccccc2)CC2(Cc4ccccc4C2)C3)c1.[Pt]. The minimum absolute atomic E-state index is 0. The van der Waals surface area contributed by atoms with E-state index in [4.69, 9.17) is 9.97 Å². The van der Waals surface area contributed by atoms with Crippen molar-refractivity contribution in [1.29, 1.82) is 0 Å². The van der Waals surface area contributed by atoms with Gasteiger partial charge in [0.15, 0.2) is 0 Å². The Morgan fingerprint density at radius 1 is 0.444 bits per heavy atom. The number of imidazole rings is 1. The molecular formula is C76H72N3OPt-. The van der Waals surface area contributed by atoms with Gasteiger partial charge in [0.1, 0.15) is 11.6 Å². The molecule has 0 fully saturated rings. The molecule has 0 atom stereocenters. The smallest absolute Gasteiger partial charge is 0.148 e. The molecule has 2 heterocycles. The van der Waals surface area contributed by atoms with Gasteiger partial charge in [-0.05, 0) is 176 Å². The van der Waals surface area contributed by atoms with E-state index in [0.29, 0.717) is 0 Å². The Morgan fingerprint density at radius 3 is 1.58 bits per heavy atom. The molecule has 0 unspecified atom stereocenters. The fourth-order valence-electron chi connectivity index (χ4n) is 14.6. The average molecular weight is 1240 g/mol. The number of phenols is 1. The molecule has 4 aliphatic rings. The van der Waals surface area contributed by atoms with E-state index in [0.717, 1.165) is 130 Å². The first kappa shape index (κ1) is 53.2. The van der Waals surface area contributed by atoms with E-state index < -0.39 is 0 Å². The van der Waals surface area contributed by atoms with Crippen LogP contribution in [0.2, 0.25) is 0 Å². The number of fused-ring (bicyclic) bond motifs is 5. The average Bonchev–Trinajstić information content (AvgIpc) is 4.46. The van der Waals surface area contributed by atoms with Gasteiger partial charge in [-0.1, -0.05) is 195 Å². The maximum absolute atomic E-state index is 12.9. The zero-order chi connectivity index (χ0) is 55.1. The van der Waals surface area contributed by atoms with E-state index in [9.17, 15) is 5.11 Å². The third-order valence-corrected chi connectivity index (χ3v) is 18.7. The van der Waals surface area contributed by atoms with Gasteiger partial charge < -0.3 is 5.11 Å². The molecule has 408 valence electrons. The Hall–Kier alpha value is -7.13. The zero-order valence-corrected chi connectivity index (χ0v) is 50.7. The molecule has 0 radical (unpaired) electrons. The van der Waals surface area contributed by atoms with E-state index in [1.54, 1.807) is 0 Å². The molecule has 4 nitrogen and oxygen atoms in total. The molecule has 1 N–H and O–H groups in total. The number of nitrogens with zero attached hydrogens (tertiary/aromatic N) is 3. The van der Waals surface area contributed by atoms with Gasteiger partial charge in [-0.25, -0.2) is 4.98 Å². The first-order valence-electron chi connectivity index (χ1n) is 29.2. The van der Waals surface area contributed by atoms with E-state index in [1.165, 1.54) is 55.6 Å². The first-order valence-corrected chi connectivity index (χ1v) is 29.2. The normalized spacial score (nSPS) is 15.7. The van der Waals surface area contributed by atoms with Crippen LogP contribution in [0.4, 0.5) is 0 Å². The van der Waals surface area contributed by atoms with Crippen molar-refractivity contribution in [2.45, 2.75) is 130 Å². The molecular weight excluding hydrogens is 1170 g/mol. The largest absolute Gasteiger partial charge is 0.507 e. The van der Waals surface area contributed by atoms with Crippen molar-refractivity contribution in [2.75, 3.05) is 0 Å². The summed E-state index contributed by atoms with van der Waals surface area (Å²) in [5.41, 5.74) is 27.0. The quantitative estimate of drug-likeness (QED) is 0.169. The molecule has 0 bridgehead atoms. The Balaban J connectivity index is 0.00000618. The second kappa shape index (κ2) is 19.2. The third kappa shape index (κ3) is 9.35. The van der Waals surface area contributed by atoms with Crippen LogP contribution in [-0.2, 0) is 88.7 Å². The molecule has 4 aliphatic carbocycles. The van der Waals surface area contributed by atoms with Crippen molar-refractivity contribution < 1.29 is 26.2 Å². The standard InChI is InChI=1S/C76H72N3O.Pt/c1-72(2,3)60-32-55(31-56(33-60)66-35-49(28-29-77-66)48-26-27-54-43-75(44-57(54)30-48)39-50-20-13-14-21-51(50)40-75)62-24-17-25-67-69(62)78-71(64-37-61(73(4,5)6)38-65(70(64)80)74(7,8)9)79(67)68-36-59-46-76(41-52-22-15-16-23-53(52)42-76)45-58(59)34-63(68)47-18-11-10-12-19-47;/h10-30,32-38,80H,39-46H2,1-9H3;/q-1;. The summed E-state index contributed by atoms with van der Waals surface area (Å²) in [6.45, 7) is 20.2. The predicted molar refractivity (Wildman–Crippen MR) is 330 cm³/mol. The van der Waals surface area contributed by atoms with Crippen LogP contribution in [0.15, 0.2) is 170 Å². The Morgan fingerprint density at radius 2 is 0.975 bits per heavy atom. The molecule has 0 saturated carbocycles. The molecule has 81 heavy (non-hydrogen) atoms. The molecule has 0 saturated heterocycles. The van der Waals surface area contributed by atoms with Crippen LogP contribution in [0.3, 0.4) is 0 Å². The second-order valence-corrected chi connectivity index (χ2v) is 27.7. The Bertz CT molecular complexity index is 4110. The second-order valence-electron chi connectivity index (χ2n) is 27.7. The van der Waals surface area contributed by atoms with Gasteiger partial charge in [-0.3, -0.25) is 9.55 Å². The van der Waals surface area contributed by atoms with E-state index >= 15 is 0 Å². The van der Waals surface area contributed by atoms with E-state index in [-0.39, 0.29) is 53.9 Å². The van der Waals surface area contributed by atoms with E-state index in [2.05, 4.69) is 237 Å². The van der Waals surface area contributed by atoms with Crippen molar-refractivity contribution >= 4 is 11.0 Å². The fraction of sp³-hybridized carbons (Fsp3) is 0.289. The summed E-state index contributed by atoms with van der Waals surface area (Å²) >= 11 is 0. The fourth-order valence-corrected chi connectivity index (χ4v) is 14.6. The maximum atomic E-state index is 12.9. The predicted octanol–water partition coefficient (Wildman–Crippen LogP) is 17.9. The number of para-hydroxylation sites is 1. The maximum Gasteiger partial charge on any atom is 0.148 e. The topological polar surface area (TPSA) is 50.9 Å². The van der Waals surface area contributed by atoms with Crippen molar-refractivity contribution in [3.05, 3.63) is 237 Å². The number of aromatic hydroxyl groups is 1. The van der Waals surface area contributed by atoms with Gasteiger partial charge in [-0.2, -0.15) is 0 Å². The number of hydrogen-bond acceptors (Lipinski definition) is 3. The molecule has 2 spiro atoms. The summed E-state index contributed by atoms with van der Waals surface area (Å²) < 4.78 is 2.38. The van der Waals surface area contributed by atoms with Crippen LogP contribution in [0.25, 0.3) is 72.7 Å². The van der Waals surface area contributed by atoms with Gasteiger partial charge in [-0.15, -0.1) is 29.3 Å². The number of rotatable bonds is 6. The number of benzene rings is 8. The number of pyridine rings is 1. The molecule has 14 rings (SSSR count). The zero-order valence-electron chi connectivity index (χ0n) is 48.4. The third-order valence-electron chi connectivity index (χ3n) is 18.7. The van der Waals surface area contributed by atoms with Gasteiger partial charge in [0.05, 0.1) is 22.3 Å². The number of hydrogen-bond donors (Lipinski definition) is 1. The van der Waals surface area contributed by atoms with Gasteiger partial charge >= 0.3 is 0 Å². The van der Waals surface area contributed by atoms with Gasteiger partial charge in [0.2, 0.25) is 0 Å². The van der Waals surface area contributed by atoms with Crippen LogP contribution in [0.1, 0.15) is 124 Å². The summed E-state index contributed by atoms with van der Waals surface area (Å²) in [5.74, 6) is 0.995. The first-order chi connectivity index (χ1) is 38.3. The molecule has 0 amide bonds. The molecule has 2 aromatic heterocycles. The summed E-state index contributed by atoms with van der Waals surface area (Å²) in [6, 6.07) is 65.2. The van der Waals surface area contributed by atoms with Crippen molar-refractivity contribution in [1.82, 2.24) is 14.5 Å². The van der Waals surface area contributed by atoms with Crippen LogP contribution in [0.5, 0.6) is 5.75 Å². The summed E-state index contributed by atoms with van der Waals surface area (Å²) in [5, 5.41) is 12.9. The van der Waals surface area contributed by atoms with Crippen LogP contribution in [-0.4, -0.2) is 19.6 Å². The van der Waals surface area contributed by atoms with Gasteiger partial charge in [0.25, 0.3) is 0 Å². The monoisotopic (exact) mass is 1240 g/mol. The van der Waals surface area contributed by atoms with Crippen LogP contribution in [0, 0.1) is 16.9 Å². The van der Waals surface area contributed by atoms with Crippen molar-refractivity contribution in [3.8, 4) is 67.5 Å². The van der Waals surface area contributed by atoms with Crippen LogP contribution < -0.4 is 0 Å². The Kier molecular flexibility index (Phi) is 12.6. The van der Waals surface area contributed by atoms with Crippen molar-refractivity contribution in [3.63, 3.8) is 0 Å². The minimum atomic E-state index is -0.339. The summed E-state index contributed by atoms with van der Waals surface area (Å²) in [6.07, 6.45) is 10.8. The Labute approximate surface area is 494 Å². The molecule has 8 aromatic carbocycles. The summed E-state index contributed by atoms with van der Waals surface area (Å²) in [7, 11) is 0. The number of aromatic nitrogens is 3. The molecule has 5 heteroatoms. The minimum Gasteiger partial charge on any atom is -0.507 e. The summed E-state index contributed by atoms with van der Waals surface area (Å²) in [4.78, 5) is 10.9. The van der Waals surface area contributed by atoms with Gasteiger partial charge in [0, 0.05) is 44.1 Å². The molecule has 10 aromatic rings. The van der Waals surface area contributed by atoms with Crippen molar-refractivity contribution in [2.24, 2.45) is 10.8 Å². The number of phenolic OH excluding ortho intramolecular Hbond substituents is 1.